The number of hydrogen-bond acceptors (Lipinski definition) is 3. The lowest BCUT2D eigenvalue weighted by Crippen LogP contribution is -2.41. The van der Waals surface area contributed by atoms with E-state index in [1.165, 1.54) is 89.3 Å². The quantitative estimate of drug-likeness (QED) is 0.272. The van der Waals surface area contributed by atoms with Crippen LogP contribution in [-0.4, -0.2) is 30.0 Å². The summed E-state index contributed by atoms with van der Waals surface area (Å²) in [6.07, 6.45) is 23.7. The average molecular weight is 350 g/mol. The van der Waals surface area contributed by atoms with E-state index in [9.17, 15) is 0 Å². The number of allylic oxidation sites excluding steroid dienone is 2. The maximum Gasteiger partial charge on any atom is 0.100 e. The van der Waals surface area contributed by atoms with Gasteiger partial charge in [0.1, 0.15) is 5.84 Å². The zero-order valence-corrected chi connectivity index (χ0v) is 17.0. The molecule has 1 unspecified atom stereocenters. The summed E-state index contributed by atoms with van der Waals surface area (Å²) < 4.78 is 0. The largest absolute Gasteiger partial charge is 0.343 e. The van der Waals surface area contributed by atoms with Crippen LogP contribution in [0.2, 0.25) is 0 Å². The minimum atomic E-state index is 0.105. The fourth-order valence-corrected chi connectivity index (χ4v) is 3.53. The summed E-state index contributed by atoms with van der Waals surface area (Å²) in [5, 5.41) is 0. The molecule has 0 fully saturated rings. The Morgan fingerprint density at radius 2 is 1.48 bits per heavy atom. The molecular formula is C22H43N3. The minimum Gasteiger partial charge on any atom is -0.343 e. The molecule has 0 saturated heterocycles. The van der Waals surface area contributed by atoms with Crippen LogP contribution in [0.15, 0.2) is 17.1 Å². The van der Waals surface area contributed by atoms with Gasteiger partial charge >= 0.3 is 0 Å². The molecular weight excluding hydrogens is 306 g/mol. The van der Waals surface area contributed by atoms with E-state index in [-0.39, 0.29) is 6.17 Å². The van der Waals surface area contributed by atoms with Gasteiger partial charge in [-0.3, -0.25) is 4.99 Å². The van der Waals surface area contributed by atoms with Gasteiger partial charge in [0.2, 0.25) is 0 Å². The van der Waals surface area contributed by atoms with Crippen molar-refractivity contribution in [2.24, 2.45) is 10.7 Å². The van der Waals surface area contributed by atoms with Crippen molar-refractivity contribution in [3.63, 3.8) is 0 Å². The number of rotatable bonds is 16. The Bertz CT molecular complexity index is 360. The smallest absolute Gasteiger partial charge is 0.100 e. The topological polar surface area (TPSA) is 41.6 Å². The molecule has 1 rings (SSSR count). The average Bonchev–Trinajstić information content (AvgIpc) is 3.07. The van der Waals surface area contributed by atoms with Crippen molar-refractivity contribution in [3.8, 4) is 0 Å². The number of unbranched alkanes of at least 4 members (excludes halogenated alkanes) is 11. The molecule has 1 heterocycles. The van der Waals surface area contributed by atoms with E-state index < -0.39 is 0 Å². The second-order valence-corrected chi connectivity index (χ2v) is 7.57. The van der Waals surface area contributed by atoms with Crippen LogP contribution < -0.4 is 5.73 Å². The standard InChI is InChI=1S/C22H43N3/c1-3-4-5-6-7-8-9-10-11-12-13-14-15-16-17-18-22-24-19-20-25(22)21(2)23/h14-15,21H,3-13,16-20,23H2,1-2H3/b15-14+. The van der Waals surface area contributed by atoms with Crippen molar-refractivity contribution < 1.29 is 0 Å². The Hall–Kier alpha value is -0.830. The van der Waals surface area contributed by atoms with Crippen molar-refractivity contribution in [1.29, 1.82) is 0 Å². The fourth-order valence-electron chi connectivity index (χ4n) is 3.53. The van der Waals surface area contributed by atoms with Gasteiger partial charge in [-0.2, -0.15) is 0 Å². The zero-order valence-electron chi connectivity index (χ0n) is 17.0. The third kappa shape index (κ3) is 11.4. The lowest BCUT2D eigenvalue weighted by Gasteiger charge is -2.24. The predicted octanol–water partition coefficient (Wildman–Crippen LogP) is 6.04. The second kappa shape index (κ2) is 15.4. The summed E-state index contributed by atoms with van der Waals surface area (Å²) in [5.74, 6) is 1.22. The lowest BCUT2D eigenvalue weighted by atomic mass is 10.1. The predicted molar refractivity (Wildman–Crippen MR) is 112 cm³/mol. The van der Waals surface area contributed by atoms with Crippen LogP contribution in [0.3, 0.4) is 0 Å². The Labute approximate surface area is 157 Å². The molecule has 0 aliphatic carbocycles. The minimum absolute atomic E-state index is 0.105. The SMILES string of the molecule is CCCCCCCCCCCC/C=C/CCCC1=NCCN1C(C)N. The summed E-state index contributed by atoms with van der Waals surface area (Å²) in [4.78, 5) is 6.82. The molecule has 0 aromatic heterocycles. The maximum absolute atomic E-state index is 5.98. The van der Waals surface area contributed by atoms with Crippen LogP contribution >= 0.6 is 0 Å². The molecule has 0 aromatic carbocycles. The first-order valence-electron chi connectivity index (χ1n) is 11.0. The van der Waals surface area contributed by atoms with E-state index in [1.54, 1.807) is 0 Å². The summed E-state index contributed by atoms with van der Waals surface area (Å²) in [7, 11) is 0. The fraction of sp³-hybridized carbons (Fsp3) is 0.864. The molecule has 1 atom stereocenters. The van der Waals surface area contributed by atoms with Crippen LogP contribution in [0.25, 0.3) is 0 Å². The normalized spacial score (nSPS) is 16.0. The van der Waals surface area contributed by atoms with Gasteiger partial charge in [-0.25, -0.2) is 0 Å². The number of aliphatic imine (C=N–C) groups is 1. The Balaban J connectivity index is 1.84. The number of amidine groups is 1. The highest BCUT2D eigenvalue weighted by atomic mass is 15.3. The Kier molecular flexibility index (Phi) is 13.7. The van der Waals surface area contributed by atoms with E-state index in [0.29, 0.717) is 0 Å². The van der Waals surface area contributed by atoms with E-state index in [2.05, 4.69) is 29.0 Å². The second-order valence-electron chi connectivity index (χ2n) is 7.57. The Morgan fingerprint density at radius 1 is 0.920 bits per heavy atom. The van der Waals surface area contributed by atoms with Crippen LogP contribution in [0.1, 0.15) is 104 Å². The van der Waals surface area contributed by atoms with Crippen LogP contribution in [0.5, 0.6) is 0 Å². The van der Waals surface area contributed by atoms with Crippen molar-refractivity contribution in [3.05, 3.63) is 12.2 Å². The molecule has 2 N–H and O–H groups in total. The first kappa shape index (κ1) is 22.2. The summed E-state index contributed by atoms with van der Waals surface area (Å²) in [5.41, 5.74) is 5.98. The van der Waals surface area contributed by atoms with Gasteiger partial charge in [0.05, 0.1) is 12.7 Å². The summed E-state index contributed by atoms with van der Waals surface area (Å²) in [6.45, 7) is 6.26. The maximum atomic E-state index is 5.98. The van der Waals surface area contributed by atoms with E-state index in [4.69, 9.17) is 5.73 Å². The highest BCUT2D eigenvalue weighted by Gasteiger charge is 2.18. The molecule has 0 saturated carbocycles. The molecule has 1 aliphatic rings. The molecule has 146 valence electrons. The van der Waals surface area contributed by atoms with Gasteiger partial charge in [-0.1, -0.05) is 76.9 Å². The van der Waals surface area contributed by atoms with Crippen LogP contribution in [0.4, 0.5) is 0 Å². The third-order valence-corrected chi connectivity index (χ3v) is 5.12. The van der Waals surface area contributed by atoms with Crippen molar-refractivity contribution >= 4 is 5.84 Å². The monoisotopic (exact) mass is 349 g/mol. The highest BCUT2D eigenvalue weighted by molar-refractivity contribution is 5.83. The lowest BCUT2D eigenvalue weighted by molar-refractivity contribution is 0.359. The Morgan fingerprint density at radius 3 is 2.08 bits per heavy atom. The molecule has 3 heteroatoms. The zero-order chi connectivity index (χ0) is 18.2. The third-order valence-electron chi connectivity index (χ3n) is 5.12. The van der Waals surface area contributed by atoms with Crippen molar-refractivity contribution in [2.45, 2.75) is 110 Å². The first-order chi connectivity index (χ1) is 12.3. The molecule has 0 radical (unpaired) electrons. The van der Waals surface area contributed by atoms with E-state index >= 15 is 0 Å². The number of nitrogens with zero attached hydrogens (tertiary/aromatic N) is 2. The molecule has 1 aliphatic heterocycles. The van der Waals surface area contributed by atoms with Gasteiger partial charge in [0, 0.05) is 13.0 Å². The van der Waals surface area contributed by atoms with Gasteiger partial charge < -0.3 is 10.6 Å². The molecule has 0 amide bonds. The molecule has 0 spiro atoms. The molecule has 3 nitrogen and oxygen atoms in total. The summed E-state index contributed by atoms with van der Waals surface area (Å²) in [6, 6.07) is 0. The van der Waals surface area contributed by atoms with Gasteiger partial charge in [0.25, 0.3) is 0 Å². The van der Waals surface area contributed by atoms with E-state index in [1.807, 2.05) is 6.92 Å². The van der Waals surface area contributed by atoms with Gasteiger partial charge in [-0.15, -0.1) is 0 Å². The van der Waals surface area contributed by atoms with Gasteiger partial charge in [-0.05, 0) is 32.6 Å². The highest BCUT2D eigenvalue weighted by Crippen LogP contribution is 2.13. The molecule has 25 heavy (non-hydrogen) atoms. The van der Waals surface area contributed by atoms with Crippen molar-refractivity contribution in [2.75, 3.05) is 13.1 Å². The summed E-state index contributed by atoms with van der Waals surface area (Å²) >= 11 is 0. The first-order valence-corrected chi connectivity index (χ1v) is 11.0. The molecule has 0 aromatic rings. The number of hydrogen-bond donors (Lipinski definition) is 1. The van der Waals surface area contributed by atoms with Gasteiger partial charge in [0.15, 0.2) is 0 Å². The van der Waals surface area contributed by atoms with E-state index in [0.717, 1.165) is 19.5 Å². The number of nitrogens with two attached hydrogens (primary N) is 1. The van der Waals surface area contributed by atoms with Crippen LogP contribution in [0, 0.1) is 0 Å². The molecule has 0 bridgehead atoms. The van der Waals surface area contributed by atoms with Crippen molar-refractivity contribution in [1.82, 2.24) is 4.90 Å². The van der Waals surface area contributed by atoms with Crippen LogP contribution in [-0.2, 0) is 0 Å².